The smallest absolute Gasteiger partial charge is 0.270 e. The zero-order chi connectivity index (χ0) is 19.2. The van der Waals surface area contributed by atoms with Crippen molar-refractivity contribution in [3.63, 3.8) is 0 Å². The summed E-state index contributed by atoms with van der Waals surface area (Å²) < 4.78 is 6.03. The second kappa shape index (κ2) is 9.07. The zero-order valence-corrected chi connectivity index (χ0v) is 16.5. The molecule has 0 bridgehead atoms. The fraction of sp³-hybridized carbons (Fsp3) is 0.450. The van der Waals surface area contributed by atoms with Crippen LogP contribution in [0.25, 0.3) is 11.3 Å². The van der Waals surface area contributed by atoms with Gasteiger partial charge in [0.25, 0.3) is 5.56 Å². The number of rotatable bonds is 6. The molecule has 1 aromatic heterocycles. The molecule has 1 aliphatic heterocycles. The molecule has 2 aromatic rings. The van der Waals surface area contributed by atoms with Crippen LogP contribution < -0.4 is 10.3 Å². The van der Waals surface area contributed by atoms with Crippen molar-refractivity contribution in [3.05, 3.63) is 40.2 Å². The van der Waals surface area contributed by atoms with Crippen molar-refractivity contribution in [2.75, 3.05) is 32.5 Å². The number of hydrogen-bond donors (Lipinski definition) is 1. The molecule has 142 valence electrons. The minimum Gasteiger partial charge on any atom is -0.492 e. The molecule has 1 atom stereocenters. The molecular formula is C20H24N4O2S. The van der Waals surface area contributed by atoms with E-state index in [-0.39, 0.29) is 5.56 Å². The minimum absolute atomic E-state index is 0.00806. The van der Waals surface area contributed by atoms with Crippen LogP contribution in [-0.2, 0) is 0 Å². The average molecular weight is 385 g/mol. The van der Waals surface area contributed by atoms with E-state index >= 15 is 0 Å². The third kappa shape index (κ3) is 4.71. The van der Waals surface area contributed by atoms with Crippen LogP contribution in [0.1, 0.15) is 25.3 Å². The van der Waals surface area contributed by atoms with Gasteiger partial charge in [-0.3, -0.25) is 9.69 Å². The summed E-state index contributed by atoms with van der Waals surface area (Å²) in [5, 5.41) is 9.90. The lowest BCUT2D eigenvalue weighted by atomic mass is 10.0. The average Bonchev–Trinajstić information content (AvgIpc) is 2.68. The molecule has 27 heavy (non-hydrogen) atoms. The van der Waals surface area contributed by atoms with Gasteiger partial charge in [-0.2, -0.15) is 5.26 Å². The van der Waals surface area contributed by atoms with Crippen molar-refractivity contribution in [1.29, 1.82) is 5.26 Å². The lowest BCUT2D eigenvalue weighted by Gasteiger charge is -2.30. The lowest BCUT2D eigenvalue weighted by molar-refractivity contribution is 0.154. The number of piperidine rings is 1. The van der Waals surface area contributed by atoms with E-state index in [1.165, 1.54) is 24.6 Å². The first-order valence-electron chi connectivity index (χ1n) is 9.15. The van der Waals surface area contributed by atoms with E-state index in [9.17, 15) is 10.1 Å². The number of hydrogen-bond acceptors (Lipinski definition) is 6. The molecule has 0 radical (unpaired) electrons. The first-order valence-corrected chi connectivity index (χ1v) is 10.4. The normalized spacial score (nSPS) is 17.4. The molecule has 0 amide bonds. The van der Waals surface area contributed by atoms with E-state index in [0.717, 1.165) is 25.6 Å². The molecule has 1 unspecified atom stereocenters. The predicted octanol–water partition coefficient (Wildman–Crippen LogP) is 3.14. The quantitative estimate of drug-likeness (QED) is 0.609. The zero-order valence-electron chi connectivity index (χ0n) is 15.7. The van der Waals surface area contributed by atoms with Crippen LogP contribution in [0.2, 0.25) is 0 Å². The Labute approximate surface area is 163 Å². The highest BCUT2D eigenvalue weighted by Crippen LogP contribution is 2.30. The van der Waals surface area contributed by atoms with Crippen LogP contribution >= 0.6 is 11.8 Å². The van der Waals surface area contributed by atoms with Crippen LogP contribution in [0, 0.1) is 17.2 Å². The van der Waals surface area contributed by atoms with Crippen molar-refractivity contribution >= 4 is 11.8 Å². The Morgan fingerprint density at radius 1 is 1.44 bits per heavy atom. The molecule has 0 saturated carbocycles. The van der Waals surface area contributed by atoms with E-state index in [4.69, 9.17) is 4.74 Å². The number of aromatic amines is 1. The predicted molar refractivity (Wildman–Crippen MR) is 107 cm³/mol. The van der Waals surface area contributed by atoms with E-state index in [0.29, 0.717) is 28.8 Å². The molecule has 7 heteroatoms. The van der Waals surface area contributed by atoms with Gasteiger partial charge in [-0.05, 0) is 43.7 Å². The van der Waals surface area contributed by atoms with Crippen LogP contribution in [0.3, 0.4) is 0 Å². The summed E-state index contributed by atoms with van der Waals surface area (Å²) in [7, 11) is 0. The second-order valence-corrected chi connectivity index (χ2v) is 7.60. The van der Waals surface area contributed by atoms with Crippen LogP contribution in [0.15, 0.2) is 34.2 Å². The highest BCUT2D eigenvalue weighted by molar-refractivity contribution is 7.98. The molecule has 1 aromatic carbocycles. The summed E-state index contributed by atoms with van der Waals surface area (Å²) in [6.45, 7) is 5.93. The summed E-state index contributed by atoms with van der Waals surface area (Å²) in [5.74, 6) is 1.37. The topological polar surface area (TPSA) is 82.0 Å². The maximum atomic E-state index is 12.2. The number of aromatic nitrogens is 2. The Balaban J connectivity index is 1.81. The van der Waals surface area contributed by atoms with Gasteiger partial charge in [0.2, 0.25) is 0 Å². The molecule has 0 spiro atoms. The van der Waals surface area contributed by atoms with Gasteiger partial charge in [0.15, 0.2) is 5.16 Å². The largest absolute Gasteiger partial charge is 0.492 e. The van der Waals surface area contributed by atoms with Gasteiger partial charge < -0.3 is 9.72 Å². The Morgan fingerprint density at radius 2 is 2.26 bits per heavy atom. The molecule has 1 saturated heterocycles. The molecule has 1 fully saturated rings. The maximum Gasteiger partial charge on any atom is 0.270 e. The number of ether oxygens (including phenoxy) is 1. The number of H-pyrrole nitrogens is 1. The molecule has 1 N–H and O–H groups in total. The highest BCUT2D eigenvalue weighted by Gasteiger charge is 2.18. The number of nitrogens with zero attached hydrogens (tertiary/aromatic N) is 3. The first kappa shape index (κ1) is 19.5. The van der Waals surface area contributed by atoms with Crippen LogP contribution in [0.5, 0.6) is 5.75 Å². The molecule has 1 aliphatic rings. The van der Waals surface area contributed by atoms with Gasteiger partial charge >= 0.3 is 0 Å². The Bertz CT molecular complexity index is 890. The summed E-state index contributed by atoms with van der Waals surface area (Å²) in [5.41, 5.74) is 0.618. The molecule has 2 heterocycles. The summed E-state index contributed by atoms with van der Waals surface area (Å²) in [6.07, 6.45) is 4.36. The number of likely N-dealkylation sites (tertiary alicyclic amines) is 1. The van der Waals surface area contributed by atoms with E-state index < -0.39 is 5.56 Å². The summed E-state index contributed by atoms with van der Waals surface area (Å²) >= 11 is 1.33. The van der Waals surface area contributed by atoms with Crippen molar-refractivity contribution < 1.29 is 4.74 Å². The molecule has 0 aliphatic carbocycles. The number of nitrogens with one attached hydrogen (secondary N) is 1. The number of nitriles is 1. The van der Waals surface area contributed by atoms with Crippen LogP contribution in [-0.4, -0.2) is 47.4 Å². The second-order valence-electron chi connectivity index (χ2n) is 6.80. The minimum atomic E-state index is -0.427. The summed E-state index contributed by atoms with van der Waals surface area (Å²) in [6, 6.07) is 9.41. The van der Waals surface area contributed by atoms with Crippen LogP contribution in [0.4, 0.5) is 0 Å². The van der Waals surface area contributed by atoms with E-state index in [2.05, 4.69) is 21.8 Å². The van der Waals surface area contributed by atoms with E-state index in [1.54, 1.807) is 0 Å². The van der Waals surface area contributed by atoms with Crippen molar-refractivity contribution in [2.45, 2.75) is 24.9 Å². The van der Waals surface area contributed by atoms with Gasteiger partial charge in [-0.15, -0.1) is 0 Å². The first-order chi connectivity index (χ1) is 13.1. The standard InChI is InChI=1S/C20H24N4O2S/c1-14-6-5-9-24(13-14)10-11-26-17-8-4-3-7-15(17)18-16(12-21)19(25)23-20(22-18)27-2/h3-4,7-8,14H,5-6,9-11,13H2,1-2H3,(H,22,23,25). The fourth-order valence-corrected chi connectivity index (χ4v) is 3.79. The van der Waals surface area contributed by atoms with Crippen molar-refractivity contribution in [1.82, 2.24) is 14.9 Å². The molecular weight excluding hydrogens is 360 g/mol. The highest BCUT2D eigenvalue weighted by atomic mass is 32.2. The van der Waals surface area contributed by atoms with Gasteiger partial charge in [0.1, 0.15) is 29.7 Å². The van der Waals surface area contributed by atoms with Gasteiger partial charge in [0.05, 0.1) is 0 Å². The lowest BCUT2D eigenvalue weighted by Crippen LogP contribution is -2.37. The maximum absolute atomic E-state index is 12.2. The summed E-state index contributed by atoms with van der Waals surface area (Å²) in [4.78, 5) is 21.7. The van der Waals surface area contributed by atoms with Crippen molar-refractivity contribution in [3.8, 4) is 23.1 Å². The fourth-order valence-electron chi connectivity index (χ4n) is 3.41. The van der Waals surface area contributed by atoms with Gasteiger partial charge in [-0.1, -0.05) is 30.8 Å². The number of benzene rings is 1. The Kier molecular flexibility index (Phi) is 6.54. The number of para-hydroxylation sites is 1. The Morgan fingerprint density at radius 3 is 3.00 bits per heavy atom. The van der Waals surface area contributed by atoms with Gasteiger partial charge in [0, 0.05) is 18.7 Å². The Hall–Kier alpha value is -2.30. The van der Waals surface area contributed by atoms with E-state index in [1.807, 2.05) is 36.6 Å². The third-order valence-corrected chi connectivity index (χ3v) is 5.33. The monoisotopic (exact) mass is 384 g/mol. The SMILES string of the molecule is CSc1nc(-c2ccccc2OCCN2CCCC(C)C2)c(C#N)c(=O)[nH]1. The molecule has 6 nitrogen and oxygen atoms in total. The molecule has 3 rings (SSSR count). The number of thioether (sulfide) groups is 1. The van der Waals surface area contributed by atoms with Gasteiger partial charge in [-0.25, -0.2) is 4.98 Å². The third-order valence-electron chi connectivity index (χ3n) is 4.75. The van der Waals surface area contributed by atoms with Crippen molar-refractivity contribution in [2.24, 2.45) is 5.92 Å².